The molecule has 11 unspecified atom stereocenters. The van der Waals surface area contributed by atoms with Crippen molar-refractivity contribution in [1.29, 1.82) is 0 Å². The summed E-state index contributed by atoms with van der Waals surface area (Å²) >= 11 is 0. The van der Waals surface area contributed by atoms with Gasteiger partial charge in [0.05, 0.1) is 17.4 Å². The fourth-order valence-corrected chi connectivity index (χ4v) is 7.98. The van der Waals surface area contributed by atoms with E-state index < -0.39 is 124 Å². The van der Waals surface area contributed by atoms with Crippen LogP contribution >= 0.6 is 0 Å². The summed E-state index contributed by atoms with van der Waals surface area (Å²) in [6.45, 7) is 14.4. The molecule has 11 atom stereocenters. The molecular formula is C37H46O16. The van der Waals surface area contributed by atoms with Gasteiger partial charge in [-0.1, -0.05) is 45.5 Å². The van der Waals surface area contributed by atoms with Crippen LogP contribution in [-0.2, 0) is 61.9 Å². The molecule has 1 aromatic rings. The number of hydrogen-bond acceptors (Lipinski definition) is 16. The monoisotopic (exact) mass is 746 g/mol. The van der Waals surface area contributed by atoms with Crippen molar-refractivity contribution in [1.82, 2.24) is 0 Å². The average Bonchev–Trinajstić information content (AvgIpc) is 3.41. The lowest BCUT2D eigenvalue weighted by Crippen LogP contribution is -2.66. The Morgan fingerprint density at radius 2 is 1.26 bits per heavy atom. The third kappa shape index (κ3) is 7.44. The van der Waals surface area contributed by atoms with Crippen LogP contribution in [0.25, 0.3) is 0 Å². The Kier molecular flexibility index (Phi) is 11.3. The van der Waals surface area contributed by atoms with E-state index in [4.69, 9.17) is 33.2 Å². The number of ketones is 1. The zero-order valence-corrected chi connectivity index (χ0v) is 31.0. The molecule has 16 nitrogen and oxygen atoms in total. The van der Waals surface area contributed by atoms with Crippen molar-refractivity contribution >= 4 is 41.6 Å². The topological polar surface area (TPSA) is 225 Å². The van der Waals surface area contributed by atoms with E-state index in [1.807, 2.05) is 0 Å². The zero-order chi connectivity index (χ0) is 40.0. The lowest BCUT2D eigenvalue weighted by molar-refractivity contribution is -0.334. The third-order valence-electron chi connectivity index (χ3n) is 10.1. The minimum Gasteiger partial charge on any atom is -0.459 e. The van der Waals surface area contributed by atoms with E-state index in [0.29, 0.717) is 0 Å². The second-order valence-electron chi connectivity index (χ2n) is 14.6. The normalized spacial score (nSPS) is 36.2. The lowest BCUT2D eigenvalue weighted by atomic mass is 9.68. The smallest absolute Gasteiger partial charge is 0.338 e. The Labute approximate surface area is 306 Å². The molecule has 1 aromatic carbocycles. The van der Waals surface area contributed by atoms with Gasteiger partial charge in [-0.25, -0.2) is 4.79 Å². The third-order valence-corrected chi connectivity index (χ3v) is 10.1. The molecule has 2 heterocycles. The van der Waals surface area contributed by atoms with Gasteiger partial charge in [0.15, 0.2) is 29.7 Å². The predicted molar refractivity (Wildman–Crippen MR) is 178 cm³/mol. The maximum absolute atomic E-state index is 14.4. The summed E-state index contributed by atoms with van der Waals surface area (Å²) in [6, 6.07) is 7.56. The van der Waals surface area contributed by atoms with Gasteiger partial charge < -0.3 is 43.4 Å². The summed E-state index contributed by atoms with van der Waals surface area (Å²) in [6.07, 6.45) is -11.8. The molecule has 0 aromatic heterocycles. The Morgan fingerprint density at radius 3 is 1.77 bits per heavy atom. The Balaban J connectivity index is 2.19. The van der Waals surface area contributed by atoms with Gasteiger partial charge in [0, 0.05) is 52.0 Å². The molecule has 2 aliphatic heterocycles. The highest BCUT2D eigenvalue weighted by Gasteiger charge is 2.79. The van der Waals surface area contributed by atoms with Crippen LogP contribution in [0.2, 0.25) is 0 Å². The minimum absolute atomic E-state index is 0.0109. The Hall–Kier alpha value is -4.67. The van der Waals surface area contributed by atoms with E-state index in [0.717, 1.165) is 34.6 Å². The van der Waals surface area contributed by atoms with Gasteiger partial charge in [0.2, 0.25) is 5.79 Å². The number of carbonyl (C=O) groups excluding carboxylic acids is 7. The van der Waals surface area contributed by atoms with E-state index in [1.54, 1.807) is 18.2 Å². The van der Waals surface area contributed by atoms with Crippen LogP contribution in [0.3, 0.4) is 0 Å². The Bertz CT molecular complexity index is 1680. The van der Waals surface area contributed by atoms with Gasteiger partial charge >= 0.3 is 35.8 Å². The first kappa shape index (κ1) is 41.1. The predicted octanol–water partition coefficient (Wildman–Crippen LogP) is 1.90. The molecule has 1 saturated carbocycles. The number of fused-ring (bicyclic) bond motifs is 4. The first-order valence-corrected chi connectivity index (χ1v) is 16.9. The van der Waals surface area contributed by atoms with Gasteiger partial charge in [0.25, 0.3) is 0 Å². The van der Waals surface area contributed by atoms with Gasteiger partial charge in [-0.3, -0.25) is 28.8 Å². The van der Waals surface area contributed by atoms with E-state index in [9.17, 15) is 43.8 Å². The maximum atomic E-state index is 14.4. The molecule has 0 radical (unpaired) electrons. The van der Waals surface area contributed by atoms with Crippen LogP contribution in [0.15, 0.2) is 42.5 Å². The molecule has 2 bridgehead atoms. The van der Waals surface area contributed by atoms with Crippen LogP contribution in [0.1, 0.15) is 79.1 Å². The van der Waals surface area contributed by atoms with E-state index in [1.165, 1.54) is 39.8 Å². The molecule has 290 valence electrons. The molecular weight excluding hydrogens is 700 g/mol. The first-order valence-electron chi connectivity index (χ1n) is 16.9. The largest absolute Gasteiger partial charge is 0.459 e. The standard InChI is InChI=1S/C37H46O16/c1-17-27(47-19(3)38)25-30(49-21(5)40)35(10,45)16-36(25,52-23(7)42)37(46)18(2)26(43)31(53-37)34(8,9)32(50-22(6)41)29(28(17)48-20(4)39)51-33(44)24-14-12-11-13-15-24/h11-15,18,25,27-32,45-46H,1,16H2,2-10H3. The fraction of sp³-hybridized carbons (Fsp3) is 0.595. The molecule has 1 aliphatic carbocycles. The molecule has 16 heteroatoms. The van der Waals surface area contributed by atoms with E-state index in [-0.39, 0.29) is 5.56 Å². The maximum Gasteiger partial charge on any atom is 0.338 e. The molecule has 3 fully saturated rings. The zero-order valence-electron chi connectivity index (χ0n) is 31.0. The van der Waals surface area contributed by atoms with Crippen molar-refractivity contribution in [3.8, 4) is 0 Å². The van der Waals surface area contributed by atoms with Crippen molar-refractivity contribution in [3.63, 3.8) is 0 Å². The fourth-order valence-electron chi connectivity index (χ4n) is 7.98. The van der Waals surface area contributed by atoms with E-state index >= 15 is 0 Å². The molecule has 4 rings (SSSR count). The highest BCUT2D eigenvalue weighted by atomic mass is 16.7. The van der Waals surface area contributed by atoms with Gasteiger partial charge in [-0.05, 0) is 19.1 Å². The van der Waals surface area contributed by atoms with Crippen LogP contribution in [0.5, 0.6) is 0 Å². The summed E-state index contributed by atoms with van der Waals surface area (Å²) in [7, 11) is 0. The SMILES string of the molecule is C=C1C(OC(C)=O)C(OC(=O)c2ccccc2)C(OC(C)=O)C(C)(C)C2OC(O)(C(C)C2=O)C2(OC(C)=O)CC(C)(O)C(OC(C)=O)C2C1OC(C)=O. The quantitative estimate of drug-likeness (QED) is 0.231. The molecule has 2 N–H and O–H groups in total. The Morgan fingerprint density at radius 1 is 0.755 bits per heavy atom. The van der Waals surface area contributed by atoms with Crippen LogP contribution < -0.4 is 0 Å². The molecule has 0 spiro atoms. The van der Waals surface area contributed by atoms with Gasteiger partial charge in [-0.2, -0.15) is 0 Å². The molecule has 2 saturated heterocycles. The van der Waals surface area contributed by atoms with Crippen LogP contribution in [0, 0.1) is 17.3 Å². The molecule has 53 heavy (non-hydrogen) atoms. The molecule has 0 amide bonds. The number of ether oxygens (including phenoxy) is 7. The van der Waals surface area contributed by atoms with Crippen LogP contribution in [-0.4, -0.2) is 105 Å². The number of benzene rings is 1. The average molecular weight is 747 g/mol. The number of rotatable bonds is 7. The summed E-state index contributed by atoms with van der Waals surface area (Å²) in [4.78, 5) is 92.6. The minimum atomic E-state index is -2.89. The van der Waals surface area contributed by atoms with Crippen molar-refractivity contribution in [3.05, 3.63) is 48.0 Å². The lowest BCUT2D eigenvalue weighted by Gasteiger charge is -2.48. The van der Waals surface area contributed by atoms with E-state index in [2.05, 4.69) is 6.58 Å². The van der Waals surface area contributed by atoms with Crippen molar-refractivity contribution in [2.45, 2.75) is 122 Å². The summed E-state index contributed by atoms with van der Waals surface area (Å²) < 4.78 is 41.3. The van der Waals surface area contributed by atoms with Crippen molar-refractivity contribution in [2.24, 2.45) is 17.3 Å². The number of aliphatic hydroxyl groups is 2. The number of esters is 6. The summed E-state index contributed by atoms with van der Waals surface area (Å²) in [5.41, 5.74) is -7.00. The van der Waals surface area contributed by atoms with Crippen molar-refractivity contribution < 1.29 is 76.9 Å². The summed E-state index contributed by atoms with van der Waals surface area (Å²) in [5, 5.41) is 24.8. The van der Waals surface area contributed by atoms with Gasteiger partial charge in [0.1, 0.15) is 23.9 Å². The second-order valence-corrected chi connectivity index (χ2v) is 14.6. The first-order chi connectivity index (χ1) is 24.4. The van der Waals surface area contributed by atoms with Gasteiger partial charge in [-0.15, -0.1) is 0 Å². The van der Waals surface area contributed by atoms with Crippen LogP contribution in [0.4, 0.5) is 0 Å². The summed E-state index contributed by atoms with van der Waals surface area (Å²) in [5.74, 6) is -13.1. The highest BCUT2D eigenvalue weighted by molar-refractivity contribution is 5.90. The molecule has 3 aliphatic rings. The number of hydrogen-bond donors (Lipinski definition) is 2. The second kappa shape index (κ2) is 14.6. The highest BCUT2D eigenvalue weighted by Crippen LogP contribution is 2.60. The number of carbonyl (C=O) groups is 7. The van der Waals surface area contributed by atoms with Crippen molar-refractivity contribution in [2.75, 3.05) is 0 Å². The number of Topliss-reactive ketones (excluding diaryl/α,β-unsaturated/α-hetero) is 1.